The number of likely N-dealkylation sites (tertiary alicyclic amines) is 1. The molecule has 5 nitrogen and oxygen atoms in total. The number of benzene rings is 2. The molecule has 1 aliphatic rings. The summed E-state index contributed by atoms with van der Waals surface area (Å²) in [5.74, 6) is 0.800. The van der Waals surface area contributed by atoms with Gasteiger partial charge < -0.3 is 10.6 Å². The van der Waals surface area contributed by atoms with Gasteiger partial charge in [-0.25, -0.2) is 4.99 Å². The van der Waals surface area contributed by atoms with Crippen LogP contribution in [0.1, 0.15) is 48.4 Å². The first-order valence-electron chi connectivity index (χ1n) is 10.6. The van der Waals surface area contributed by atoms with Gasteiger partial charge >= 0.3 is 0 Å². The third-order valence-electron chi connectivity index (χ3n) is 5.18. The van der Waals surface area contributed by atoms with Crippen LogP contribution in [0, 0.1) is 11.3 Å². The van der Waals surface area contributed by atoms with E-state index in [2.05, 4.69) is 57.8 Å². The summed E-state index contributed by atoms with van der Waals surface area (Å²) >= 11 is 0. The Hall–Kier alpha value is -2.11. The Morgan fingerprint density at radius 3 is 2.20 bits per heavy atom. The van der Waals surface area contributed by atoms with Crippen molar-refractivity contribution < 1.29 is 0 Å². The molecule has 1 fully saturated rings. The molecular weight excluding hydrogens is 485 g/mol. The fourth-order valence-electron chi connectivity index (χ4n) is 3.52. The molecule has 2 N–H and O–H groups in total. The van der Waals surface area contributed by atoms with E-state index in [1.165, 1.54) is 43.5 Å². The topological polar surface area (TPSA) is 63.5 Å². The molecule has 160 valence electrons. The number of nitrogens with one attached hydrogen (secondary N) is 2. The Morgan fingerprint density at radius 2 is 1.57 bits per heavy atom. The molecule has 30 heavy (non-hydrogen) atoms. The molecule has 3 rings (SSSR count). The van der Waals surface area contributed by atoms with Gasteiger partial charge in [0.25, 0.3) is 0 Å². The number of aliphatic imine (C=N–C) groups is 1. The van der Waals surface area contributed by atoms with Crippen molar-refractivity contribution in [3.63, 3.8) is 0 Å². The van der Waals surface area contributed by atoms with E-state index in [0.717, 1.165) is 31.2 Å². The number of nitrogens with zero attached hydrogens (tertiary/aromatic N) is 3. The van der Waals surface area contributed by atoms with Crippen molar-refractivity contribution >= 4 is 29.9 Å². The molecule has 2 aromatic rings. The van der Waals surface area contributed by atoms with Crippen LogP contribution in [-0.4, -0.2) is 30.5 Å². The monoisotopic (exact) mass is 517 g/mol. The van der Waals surface area contributed by atoms with Crippen molar-refractivity contribution in [1.29, 1.82) is 5.26 Å². The Kier molecular flexibility index (Phi) is 10.7. The predicted octanol–water partition coefficient (Wildman–Crippen LogP) is 4.42. The lowest BCUT2D eigenvalue weighted by molar-refractivity contribution is 0.221. The predicted molar refractivity (Wildman–Crippen MR) is 134 cm³/mol. The van der Waals surface area contributed by atoms with E-state index < -0.39 is 0 Å². The lowest BCUT2D eigenvalue weighted by Gasteiger charge is -2.26. The van der Waals surface area contributed by atoms with Crippen LogP contribution in [0.15, 0.2) is 53.5 Å². The lowest BCUT2D eigenvalue weighted by Crippen LogP contribution is -2.36. The maximum absolute atomic E-state index is 8.89. The minimum absolute atomic E-state index is 0. The maximum Gasteiger partial charge on any atom is 0.191 e. The molecule has 1 heterocycles. The molecule has 0 bridgehead atoms. The fourth-order valence-corrected chi connectivity index (χ4v) is 3.52. The van der Waals surface area contributed by atoms with Crippen LogP contribution in [-0.2, 0) is 19.6 Å². The molecule has 0 aromatic heterocycles. The first-order valence-corrected chi connectivity index (χ1v) is 10.6. The quantitative estimate of drug-likeness (QED) is 0.325. The molecule has 2 aromatic carbocycles. The second-order valence-corrected chi connectivity index (χ2v) is 7.51. The standard InChI is InChI=1S/C24H31N5.HI/c1-2-26-24(27-17-21-8-6-20(16-25)7-9-21)28-18-22-10-12-23(13-11-22)19-29-14-4-3-5-15-29;/h6-13H,2-5,14-15,17-19H2,1H3,(H2,26,27,28);1H. The van der Waals surface area contributed by atoms with Gasteiger partial charge in [0.15, 0.2) is 5.96 Å². The third kappa shape index (κ3) is 7.96. The molecule has 0 saturated carbocycles. The Bertz CT molecular complexity index is 818. The number of hydrogen-bond donors (Lipinski definition) is 2. The lowest BCUT2D eigenvalue weighted by atomic mass is 10.1. The molecular formula is C24H32IN5. The zero-order valence-electron chi connectivity index (χ0n) is 17.7. The van der Waals surface area contributed by atoms with Gasteiger partial charge in [0, 0.05) is 19.6 Å². The van der Waals surface area contributed by atoms with Crippen LogP contribution >= 0.6 is 24.0 Å². The normalized spacial score (nSPS) is 14.5. The molecule has 0 spiro atoms. The number of hydrogen-bond acceptors (Lipinski definition) is 3. The maximum atomic E-state index is 8.89. The minimum Gasteiger partial charge on any atom is -0.357 e. The minimum atomic E-state index is 0. The molecule has 0 atom stereocenters. The highest BCUT2D eigenvalue weighted by Crippen LogP contribution is 2.13. The first-order chi connectivity index (χ1) is 14.3. The zero-order chi connectivity index (χ0) is 20.3. The summed E-state index contributed by atoms with van der Waals surface area (Å²) in [5, 5.41) is 15.6. The zero-order valence-corrected chi connectivity index (χ0v) is 20.1. The van der Waals surface area contributed by atoms with Gasteiger partial charge in [-0.1, -0.05) is 42.8 Å². The van der Waals surface area contributed by atoms with Crippen LogP contribution < -0.4 is 10.6 Å². The van der Waals surface area contributed by atoms with Gasteiger partial charge in [-0.2, -0.15) is 5.26 Å². The van der Waals surface area contributed by atoms with Crippen molar-refractivity contribution in [1.82, 2.24) is 15.5 Å². The number of nitriles is 1. The van der Waals surface area contributed by atoms with Crippen LogP contribution in [0.5, 0.6) is 0 Å². The first kappa shape index (κ1) is 24.2. The Morgan fingerprint density at radius 1 is 0.933 bits per heavy atom. The summed E-state index contributed by atoms with van der Waals surface area (Å²) < 4.78 is 0. The fraction of sp³-hybridized carbons (Fsp3) is 0.417. The molecule has 0 amide bonds. The third-order valence-corrected chi connectivity index (χ3v) is 5.18. The van der Waals surface area contributed by atoms with Crippen LogP contribution in [0.4, 0.5) is 0 Å². The Labute approximate surface area is 197 Å². The average molecular weight is 517 g/mol. The summed E-state index contributed by atoms with van der Waals surface area (Å²) in [6, 6.07) is 18.6. The largest absolute Gasteiger partial charge is 0.357 e. The van der Waals surface area contributed by atoms with E-state index >= 15 is 0 Å². The summed E-state index contributed by atoms with van der Waals surface area (Å²) in [4.78, 5) is 7.21. The summed E-state index contributed by atoms with van der Waals surface area (Å²) in [5.41, 5.74) is 4.39. The van der Waals surface area contributed by atoms with Gasteiger partial charge in [0.1, 0.15) is 0 Å². The van der Waals surface area contributed by atoms with Crippen LogP contribution in [0.25, 0.3) is 0 Å². The van der Waals surface area contributed by atoms with Crippen LogP contribution in [0.3, 0.4) is 0 Å². The SMILES string of the molecule is CCNC(=NCc1ccc(C#N)cc1)NCc1ccc(CN2CCCCC2)cc1.I. The Balaban J connectivity index is 0.00000320. The second kappa shape index (κ2) is 13.2. The van der Waals surface area contributed by atoms with Crippen LogP contribution in [0.2, 0.25) is 0 Å². The van der Waals surface area contributed by atoms with E-state index in [-0.39, 0.29) is 24.0 Å². The van der Waals surface area contributed by atoms with Gasteiger partial charge in [0.2, 0.25) is 0 Å². The van der Waals surface area contributed by atoms with Crippen molar-refractivity contribution in [2.45, 2.75) is 45.8 Å². The van der Waals surface area contributed by atoms with E-state index in [9.17, 15) is 0 Å². The van der Waals surface area contributed by atoms with E-state index in [1.54, 1.807) is 0 Å². The van der Waals surface area contributed by atoms with E-state index in [4.69, 9.17) is 5.26 Å². The summed E-state index contributed by atoms with van der Waals surface area (Å²) in [7, 11) is 0. The smallest absolute Gasteiger partial charge is 0.191 e. The molecule has 0 radical (unpaired) electrons. The highest BCUT2D eigenvalue weighted by atomic mass is 127. The highest BCUT2D eigenvalue weighted by Gasteiger charge is 2.10. The highest BCUT2D eigenvalue weighted by molar-refractivity contribution is 14.0. The van der Waals surface area contributed by atoms with Gasteiger partial charge in [0.05, 0.1) is 18.2 Å². The number of guanidine groups is 1. The number of rotatable bonds is 7. The van der Waals surface area contributed by atoms with Crippen molar-refractivity contribution in [3.05, 3.63) is 70.8 Å². The van der Waals surface area contributed by atoms with Crippen molar-refractivity contribution in [2.24, 2.45) is 4.99 Å². The van der Waals surface area contributed by atoms with Gasteiger partial charge in [-0.15, -0.1) is 24.0 Å². The van der Waals surface area contributed by atoms with Crippen molar-refractivity contribution in [3.8, 4) is 6.07 Å². The number of halogens is 1. The van der Waals surface area contributed by atoms with Gasteiger partial charge in [-0.3, -0.25) is 4.90 Å². The van der Waals surface area contributed by atoms with E-state index in [0.29, 0.717) is 12.1 Å². The van der Waals surface area contributed by atoms with Crippen molar-refractivity contribution in [2.75, 3.05) is 19.6 Å². The molecule has 6 heteroatoms. The molecule has 1 saturated heterocycles. The number of piperidine rings is 1. The average Bonchev–Trinajstić information content (AvgIpc) is 2.78. The summed E-state index contributed by atoms with van der Waals surface area (Å²) in [6.07, 6.45) is 4.04. The van der Waals surface area contributed by atoms with E-state index in [1.807, 2.05) is 24.3 Å². The summed E-state index contributed by atoms with van der Waals surface area (Å²) in [6.45, 7) is 7.71. The second-order valence-electron chi connectivity index (χ2n) is 7.51. The molecule has 1 aliphatic heterocycles. The van der Waals surface area contributed by atoms with Gasteiger partial charge in [-0.05, 0) is 61.7 Å². The molecule has 0 unspecified atom stereocenters. The molecule has 0 aliphatic carbocycles.